The molecule has 0 unspecified atom stereocenters. The Hall–Kier alpha value is -0.540. The summed E-state index contributed by atoms with van der Waals surface area (Å²) in [5, 5.41) is 1.59. The highest BCUT2D eigenvalue weighted by Crippen LogP contribution is 2.24. The first kappa shape index (κ1) is 8.56. The number of hydrazine groups is 1. The number of benzene rings is 1. The third-order valence-corrected chi connectivity index (χ3v) is 2.12. The van der Waals surface area contributed by atoms with Crippen LogP contribution in [0.15, 0.2) is 22.7 Å². The Morgan fingerprint density at radius 3 is 2.55 bits per heavy atom. The second kappa shape index (κ2) is 3.24. The Morgan fingerprint density at radius 1 is 1.45 bits per heavy atom. The van der Waals surface area contributed by atoms with Gasteiger partial charge in [0.05, 0.1) is 5.69 Å². The molecule has 2 N–H and O–H groups in total. The minimum atomic E-state index is 0.996. The quantitative estimate of drug-likeness (QED) is 0.573. The van der Waals surface area contributed by atoms with Crippen LogP contribution in [0.3, 0.4) is 0 Å². The van der Waals surface area contributed by atoms with E-state index in [0.717, 1.165) is 10.2 Å². The van der Waals surface area contributed by atoms with Gasteiger partial charge in [0, 0.05) is 11.5 Å². The monoisotopic (exact) mass is 214 g/mol. The van der Waals surface area contributed by atoms with E-state index >= 15 is 0 Å². The summed E-state index contributed by atoms with van der Waals surface area (Å²) >= 11 is 3.43. The normalized spacial score (nSPS) is 9.82. The molecule has 11 heavy (non-hydrogen) atoms. The van der Waals surface area contributed by atoms with E-state index in [2.05, 4.69) is 15.9 Å². The zero-order chi connectivity index (χ0) is 8.43. The van der Waals surface area contributed by atoms with Gasteiger partial charge in [0.1, 0.15) is 0 Å². The van der Waals surface area contributed by atoms with Crippen molar-refractivity contribution >= 4 is 21.6 Å². The van der Waals surface area contributed by atoms with Gasteiger partial charge in [-0.1, -0.05) is 6.07 Å². The predicted molar refractivity (Wildman–Crippen MR) is 51.5 cm³/mol. The number of anilines is 1. The molecule has 1 rings (SSSR count). The highest BCUT2D eigenvalue weighted by molar-refractivity contribution is 9.10. The molecule has 1 aromatic rings. The van der Waals surface area contributed by atoms with Crippen molar-refractivity contribution in [2.45, 2.75) is 6.92 Å². The average molecular weight is 215 g/mol. The van der Waals surface area contributed by atoms with Crippen LogP contribution in [0.5, 0.6) is 0 Å². The second-order valence-corrected chi connectivity index (χ2v) is 3.42. The number of nitrogens with two attached hydrogens (primary N) is 1. The van der Waals surface area contributed by atoms with Gasteiger partial charge >= 0.3 is 0 Å². The molecule has 1 aromatic carbocycles. The number of aryl methyl sites for hydroxylation is 1. The Balaban J connectivity index is 3.09. The van der Waals surface area contributed by atoms with Gasteiger partial charge in [-0.3, -0.25) is 0 Å². The lowest BCUT2D eigenvalue weighted by Gasteiger charge is -2.13. The molecular weight excluding hydrogens is 204 g/mol. The van der Waals surface area contributed by atoms with E-state index in [9.17, 15) is 0 Å². The summed E-state index contributed by atoms with van der Waals surface area (Å²) in [6.07, 6.45) is 0. The fraction of sp³-hybridized carbons (Fsp3) is 0.250. The maximum Gasteiger partial charge on any atom is 0.0656 e. The summed E-state index contributed by atoms with van der Waals surface area (Å²) in [5.41, 5.74) is 2.22. The van der Waals surface area contributed by atoms with Gasteiger partial charge in [-0.2, -0.15) is 0 Å². The molecule has 0 saturated heterocycles. The largest absolute Gasteiger partial charge is 0.313 e. The third-order valence-electron chi connectivity index (χ3n) is 1.48. The maximum absolute atomic E-state index is 5.57. The lowest BCUT2D eigenvalue weighted by molar-refractivity contribution is 1.01. The van der Waals surface area contributed by atoms with Crippen molar-refractivity contribution in [2.24, 2.45) is 5.84 Å². The minimum absolute atomic E-state index is 0.996. The topological polar surface area (TPSA) is 29.3 Å². The van der Waals surface area contributed by atoms with Crippen LogP contribution in [0, 0.1) is 6.92 Å². The molecule has 2 nitrogen and oxygen atoms in total. The highest BCUT2D eigenvalue weighted by atomic mass is 79.9. The van der Waals surface area contributed by atoms with Gasteiger partial charge in [0.25, 0.3) is 0 Å². The first-order chi connectivity index (χ1) is 5.11. The zero-order valence-electron chi connectivity index (χ0n) is 6.63. The van der Waals surface area contributed by atoms with Crippen molar-refractivity contribution in [2.75, 3.05) is 12.1 Å². The lowest BCUT2D eigenvalue weighted by Crippen LogP contribution is -2.25. The van der Waals surface area contributed by atoms with Crippen molar-refractivity contribution in [3.63, 3.8) is 0 Å². The third kappa shape index (κ3) is 1.94. The first-order valence-corrected chi connectivity index (χ1v) is 4.15. The summed E-state index contributed by atoms with van der Waals surface area (Å²) in [4.78, 5) is 0. The van der Waals surface area contributed by atoms with E-state index in [1.165, 1.54) is 5.56 Å². The Labute approximate surface area is 75.1 Å². The van der Waals surface area contributed by atoms with Crippen LogP contribution >= 0.6 is 15.9 Å². The van der Waals surface area contributed by atoms with Gasteiger partial charge in [0.2, 0.25) is 0 Å². The van der Waals surface area contributed by atoms with Crippen LogP contribution in [-0.4, -0.2) is 7.05 Å². The minimum Gasteiger partial charge on any atom is -0.313 e. The molecule has 0 aliphatic rings. The van der Waals surface area contributed by atoms with Crippen LogP contribution in [-0.2, 0) is 0 Å². The molecule has 0 aliphatic carbocycles. The molecular formula is C8H11BrN2. The van der Waals surface area contributed by atoms with E-state index in [0.29, 0.717) is 0 Å². The summed E-state index contributed by atoms with van der Waals surface area (Å²) in [6.45, 7) is 2.05. The second-order valence-electron chi connectivity index (χ2n) is 2.57. The van der Waals surface area contributed by atoms with Crippen LogP contribution in [0.4, 0.5) is 5.69 Å². The standard InChI is InChI=1S/C8H11BrN2/c1-6-3-4-8(11(2)10)7(9)5-6/h3-5H,10H2,1-2H3. The molecule has 0 amide bonds. The van der Waals surface area contributed by atoms with Crippen molar-refractivity contribution in [3.05, 3.63) is 28.2 Å². The molecule has 0 bridgehead atoms. The Kier molecular flexibility index (Phi) is 2.52. The van der Waals surface area contributed by atoms with Gasteiger partial charge in [-0.15, -0.1) is 0 Å². The molecule has 0 radical (unpaired) electrons. The molecule has 0 saturated carbocycles. The smallest absolute Gasteiger partial charge is 0.0656 e. The van der Waals surface area contributed by atoms with Gasteiger partial charge in [0.15, 0.2) is 0 Å². The van der Waals surface area contributed by atoms with Crippen molar-refractivity contribution in [1.82, 2.24) is 0 Å². The zero-order valence-corrected chi connectivity index (χ0v) is 8.22. The van der Waals surface area contributed by atoms with Crippen molar-refractivity contribution < 1.29 is 0 Å². The predicted octanol–water partition coefficient (Wildman–Crippen LogP) is 2.07. The van der Waals surface area contributed by atoms with Gasteiger partial charge in [-0.25, -0.2) is 5.84 Å². The Bertz CT molecular complexity index is 258. The lowest BCUT2D eigenvalue weighted by atomic mass is 10.2. The number of nitrogens with zero attached hydrogens (tertiary/aromatic N) is 1. The molecule has 0 spiro atoms. The molecule has 0 fully saturated rings. The first-order valence-electron chi connectivity index (χ1n) is 3.36. The molecule has 0 atom stereocenters. The van der Waals surface area contributed by atoms with E-state index in [1.807, 2.05) is 32.2 Å². The van der Waals surface area contributed by atoms with Crippen molar-refractivity contribution in [3.8, 4) is 0 Å². The number of hydrogen-bond donors (Lipinski definition) is 1. The van der Waals surface area contributed by atoms with Gasteiger partial charge < -0.3 is 5.01 Å². The number of hydrogen-bond acceptors (Lipinski definition) is 2. The van der Waals surface area contributed by atoms with Crippen molar-refractivity contribution in [1.29, 1.82) is 0 Å². The van der Waals surface area contributed by atoms with Gasteiger partial charge in [-0.05, 0) is 40.5 Å². The fourth-order valence-corrected chi connectivity index (χ4v) is 1.67. The summed E-state index contributed by atoms with van der Waals surface area (Å²) in [6, 6.07) is 6.06. The average Bonchev–Trinajstić information content (AvgIpc) is 1.85. The van der Waals surface area contributed by atoms with E-state index in [1.54, 1.807) is 5.01 Å². The molecule has 0 aromatic heterocycles. The summed E-state index contributed by atoms with van der Waals surface area (Å²) in [7, 11) is 1.81. The summed E-state index contributed by atoms with van der Waals surface area (Å²) in [5.74, 6) is 5.57. The van der Waals surface area contributed by atoms with E-state index < -0.39 is 0 Å². The molecule has 60 valence electrons. The van der Waals surface area contributed by atoms with Crippen LogP contribution in [0.25, 0.3) is 0 Å². The fourth-order valence-electron chi connectivity index (χ4n) is 0.898. The maximum atomic E-state index is 5.57. The van der Waals surface area contributed by atoms with E-state index in [4.69, 9.17) is 5.84 Å². The molecule has 3 heteroatoms. The number of halogens is 1. The highest BCUT2D eigenvalue weighted by Gasteiger charge is 2.00. The van der Waals surface area contributed by atoms with Crippen LogP contribution < -0.4 is 10.9 Å². The molecule has 0 aliphatic heterocycles. The molecule has 0 heterocycles. The Morgan fingerprint density at radius 2 is 2.09 bits per heavy atom. The summed E-state index contributed by atoms with van der Waals surface area (Å²) < 4.78 is 1.03. The number of rotatable bonds is 1. The van der Waals surface area contributed by atoms with Crippen LogP contribution in [0.1, 0.15) is 5.56 Å². The van der Waals surface area contributed by atoms with Crippen LogP contribution in [0.2, 0.25) is 0 Å². The van der Waals surface area contributed by atoms with E-state index in [-0.39, 0.29) is 0 Å². The SMILES string of the molecule is Cc1ccc(N(C)N)c(Br)c1.